The van der Waals surface area contributed by atoms with Crippen LogP contribution in [0.2, 0.25) is 0 Å². The van der Waals surface area contributed by atoms with E-state index in [9.17, 15) is 0 Å². The Balaban J connectivity index is 1.56. The van der Waals surface area contributed by atoms with Crippen molar-refractivity contribution >= 4 is 0 Å². The fourth-order valence-electron chi connectivity index (χ4n) is 3.83. The third kappa shape index (κ3) is 1.24. The Morgan fingerprint density at radius 2 is 1.92 bits per heavy atom. The molecular formula is C12H21N. The van der Waals surface area contributed by atoms with Crippen LogP contribution in [0, 0.1) is 29.6 Å². The fraction of sp³-hybridized carbons (Fsp3) is 1.00. The molecule has 74 valence electrons. The Kier molecular flexibility index (Phi) is 1.74. The SMILES string of the molecule is CC(C)CNC1CC2CC1C1CC21. The minimum atomic E-state index is 0.814. The van der Waals surface area contributed by atoms with Gasteiger partial charge < -0.3 is 5.32 Å². The highest BCUT2D eigenvalue weighted by molar-refractivity contribution is 5.11. The van der Waals surface area contributed by atoms with Gasteiger partial charge in [-0.05, 0) is 55.4 Å². The number of fused-ring (bicyclic) bond motifs is 5. The molecule has 0 saturated heterocycles. The second-order valence-corrected chi connectivity index (χ2v) is 5.87. The first-order valence-corrected chi connectivity index (χ1v) is 5.99. The molecule has 1 heteroatoms. The molecule has 0 heterocycles. The van der Waals surface area contributed by atoms with Crippen molar-refractivity contribution in [2.24, 2.45) is 29.6 Å². The molecule has 2 bridgehead atoms. The Morgan fingerprint density at radius 3 is 2.54 bits per heavy atom. The average Bonchev–Trinajstić information content (AvgIpc) is 2.70. The summed E-state index contributed by atoms with van der Waals surface area (Å²) < 4.78 is 0. The Labute approximate surface area is 81.3 Å². The van der Waals surface area contributed by atoms with Crippen LogP contribution in [0.1, 0.15) is 33.1 Å². The Hall–Kier alpha value is -0.0400. The zero-order chi connectivity index (χ0) is 9.00. The van der Waals surface area contributed by atoms with Gasteiger partial charge in [-0.15, -0.1) is 0 Å². The van der Waals surface area contributed by atoms with E-state index in [-0.39, 0.29) is 0 Å². The van der Waals surface area contributed by atoms with E-state index in [1.54, 1.807) is 12.8 Å². The molecule has 1 nitrogen and oxygen atoms in total. The standard InChI is InChI=1S/C12H21N/c1-7(2)6-13-12-4-8-3-11(12)10-5-9(8)10/h7-13H,3-6H2,1-2H3. The topological polar surface area (TPSA) is 12.0 Å². The van der Waals surface area contributed by atoms with Crippen molar-refractivity contribution in [1.82, 2.24) is 5.32 Å². The van der Waals surface area contributed by atoms with E-state index >= 15 is 0 Å². The summed E-state index contributed by atoms with van der Waals surface area (Å²) in [7, 11) is 0. The first-order chi connectivity index (χ1) is 6.25. The second kappa shape index (κ2) is 2.73. The molecule has 0 aliphatic heterocycles. The lowest BCUT2D eigenvalue weighted by atomic mass is 9.95. The molecule has 0 spiro atoms. The van der Waals surface area contributed by atoms with Gasteiger partial charge in [-0.1, -0.05) is 13.8 Å². The summed E-state index contributed by atoms with van der Waals surface area (Å²) in [6.45, 7) is 5.84. The molecule has 0 amide bonds. The predicted molar refractivity (Wildman–Crippen MR) is 54.4 cm³/mol. The van der Waals surface area contributed by atoms with Crippen LogP contribution >= 0.6 is 0 Å². The highest BCUT2D eigenvalue weighted by atomic mass is 15.0. The van der Waals surface area contributed by atoms with Gasteiger partial charge in [-0.25, -0.2) is 0 Å². The summed E-state index contributed by atoms with van der Waals surface area (Å²) in [5.74, 6) is 5.35. The van der Waals surface area contributed by atoms with Crippen molar-refractivity contribution in [2.75, 3.05) is 6.54 Å². The zero-order valence-corrected chi connectivity index (χ0v) is 8.79. The second-order valence-electron chi connectivity index (χ2n) is 5.87. The van der Waals surface area contributed by atoms with Crippen LogP contribution in [0.3, 0.4) is 0 Å². The maximum Gasteiger partial charge on any atom is 0.0101 e. The van der Waals surface area contributed by atoms with Gasteiger partial charge in [0.05, 0.1) is 0 Å². The van der Waals surface area contributed by atoms with Crippen LogP contribution in [-0.2, 0) is 0 Å². The van der Waals surface area contributed by atoms with Crippen molar-refractivity contribution in [3.63, 3.8) is 0 Å². The molecule has 3 fully saturated rings. The van der Waals surface area contributed by atoms with Gasteiger partial charge in [-0.2, -0.15) is 0 Å². The van der Waals surface area contributed by atoms with Gasteiger partial charge in [0, 0.05) is 6.04 Å². The van der Waals surface area contributed by atoms with Crippen LogP contribution in [-0.4, -0.2) is 12.6 Å². The lowest BCUT2D eigenvalue weighted by Gasteiger charge is -2.23. The molecule has 3 saturated carbocycles. The normalized spacial score (nSPS) is 51.5. The summed E-state index contributed by atoms with van der Waals surface area (Å²) in [5, 5.41) is 3.77. The van der Waals surface area contributed by atoms with Gasteiger partial charge in [-0.3, -0.25) is 0 Å². The van der Waals surface area contributed by atoms with E-state index in [0.717, 1.165) is 29.7 Å². The third-order valence-corrected chi connectivity index (χ3v) is 4.48. The van der Waals surface area contributed by atoms with Crippen LogP contribution < -0.4 is 5.32 Å². The Morgan fingerprint density at radius 1 is 1.08 bits per heavy atom. The maximum absolute atomic E-state index is 3.77. The van der Waals surface area contributed by atoms with Crippen molar-refractivity contribution in [1.29, 1.82) is 0 Å². The van der Waals surface area contributed by atoms with Crippen molar-refractivity contribution in [3.8, 4) is 0 Å². The predicted octanol–water partition coefficient (Wildman–Crippen LogP) is 2.28. The lowest BCUT2D eigenvalue weighted by molar-refractivity contribution is 0.324. The van der Waals surface area contributed by atoms with Gasteiger partial charge in [0.2, 0.25) is 0 Å². The molecule has 3 rings (SSSR count). The highest BCUT2D eigenvalue weighted by Gasteiger charge is 2.60. The quantitative estimate of drug-likeness (QED) is 0.701. The molecule has 5 unspecified atom stereocenters. The van der Waals surface area contributed by atoms with Gasteiger partial charge in [0.15, 0.2) is 0 Å². The van der Waals surface area contributed by atoms with Gasteiger partial charge in [0.25, 0.3) is 0 Å². The lowest BCUT2D eigenvalue weighted by Crippen LogP contribution is -2.37. The number of hydrogen-bond donors (Lipinski definition) is 1. The van der Waals surface area contributed by atoms with E-state index in [0.29, 0.717) is 0 Å². The molecular weight excluding hydrogens is 158 g/mol. The molecule has 3 aliphatic rings. The molecule has 13 heavy (non-hydrogen) atoms. The van der Waals surface area contributed by atoms with E-state index in [4.69, 9.17) is 0 Å². The molecule has 1 N–H and O–H groups in total. The monoisotopic (exact) mass is 179 g/mol. The van der Waals surface area contributed by atoms with Gasteiger partial charge in [0.1, 0.15) is 0 Å². The molecule has 0 aromatic rings. The zero-order valence-electron chi connectivity index (χ0n) is 8.79. The Bertz CT molecular complexity index is 211. The van der Waals surface area contributed by atoms with Crippen LogP contribution in [0.4, 0.5) is 0 Å². The van der Waals surface area contributed by atoms with Crippen LogP contribution in [0.5, 0.6) is 0 Å². The number of rotatable bonds is 3. The van der Waals surface area contributed by atoms with Crippen LogP contribution in [0.25, 0.3) is 0 Å². The molecule has 3 aliphatic carbocycles. The van der Waals surface area contributed by atoms with Crippen molar-refractivity contribution in [3.05, 3.63) is 0 Å². The number of hydrogen-bond acceptors (Lipinski definition) is 1. The third-order valence-electron chi connectivity index (χ3n) is 4.48. The summed E-state index contributed by atoms with van der Waals surface area (Å²) in [6.07, 6.45) is 4.64. The largest absolute Gasteiger partial charge is 0.313 e. The van der Waals surface area contributed by atoms with Crippen LogP contribution in [0.15, 0.2) is 0 Å². The first-order valence-electron chi connectivity index (χ1n) is 5.99. The van der Waals surface area contributed by atoms with Gasteiger partial charge >= 0.3 is 0 Å². The van der Waals surface area contributed by atoms with E-state index in [1.807, 2.05) is 0 Å². The average molecular weight is 179 g/mol. The van der Waals surface area contributed by atoms with Crippen molar-refractivity contribution < 1.29 is 0 Å². The van der Waals surface area contributed by atoms with Crippen molar-refractivity contribution in [2.45, 2.75) is 39.2 Å². The molecule has 0 radical (unpaired) electrons. The summed E-state index contributed by atoms with van der Waals surface area (Å²) in [4.78, 5) is 0. The molecule has 0 aromatic carbocycles. The molecule has 5 atom stereocenters. The maximum atomic E-state index is 3.77. The summed E-state index contributed by atoms with van der Waals surface area (Å²) in [6, 6.07) is 0.899. The molecule has 0 aromatic heterocycles. The summed E-state index contributed by atoms with van der Waals surface area (Å²) >= 11 is 0. The minimum absolute atomic E-state index is 0.814. The van der Waals surface area contributed by atoms with E-state index < -0.39 is 0 Å². The van der Waals surface area contributed by atoms with E-state index in [2.05, 4.69) is 19.2 Å². The fourth-order valence-corrected chi connectivity index (χ4v) is 3.83. The number of nitrogens with one attached hydrogen (secondary N) is 1. The smallest absolute Gasteiger partial charge is 0.0101 e. The summed E-state index contributed by atoms with van der Waals surface area (Å²) in [5.41, 5.74) is 0. The van der Waals surface area contributed by atoms with E-state index in [1.165, 1.54) is 18.9 Å². The highest BCUT2D eigenvalue weighted by Crippen LogP contribution is 2.65. The first kappa shape index (κ1) is 8.28. The minimum Gasteiger partial charge on any atom is -0.313 e.